The van der Waals surface area contributed by atoms with Gasteiger partial charge in [0.25, 0.3) is 5.91 Å². The first kappa shape index (κ1) is 16.8. The lowest BCUT2D eigenvalue weighted by molar-refractivity contribution is 0.0783. The molecule has 2 aromatic rings. The van der Waals surface area contributed by atoms with Gasteiger partial charge in [-0.25, -0.2) is 0 Å². The molecule has 0 aliphatic carbocycles. The number of halogens is 1. The summed E-state index contributed by atoms with van der Waals surface area (Å²) in [5.41, 5.74) is 1.81. The number of ether oxygens (including phenoxy) is 1. The highest BCUT2D eigenvalue weighted by molar-refractivity contribution is 6.30. The van der Waals surface area contributed by atoms with E-state index in [2.05, 4.69) is 5.10 Å². The molecule has 2 heterocycles. The van der Waals surface area contributed by atoms with Crippen molar-refractivity contribution in [2.24, 2.45) is 13.0 Å². The van der Waals surface area contributed by atoms with Crippen molar-refractivity contribution in [3.8, 4) is 5.75 Å². The molecule has 1 atom stereocenters. The molecule has 0 N–H and O–H groups in total. The molecule has 1 fully saturated rings. The molecule has 0 spiro atoms. The Balaban J connectivity index is 1.68. The topological polar surface area (TPSA) is 47.4 Å². The molecule has 1 aromatic heterocycles. The van der Waals surface area contributed by atoms with Gasteiger partial charge in [-0.3, -0.25) is 9.48 Å². The van der Waals surface area contributed by atoms with Crippen LogP contribution in [-0.4, -0.2) is 40.3 Å². The van der Waals surface area contributed by atoms with Gasteiger partial charge in [0.05, 0.1) is 18.4 Å². The Bertz CT molecular complexity index is 729. The summed E-state index contributed by atoms with van der Waals surface area (Å²) in [4.78, 5) is 14.8. The molecule has 0 bridgehead atoms. The van der Waals surface area contributed by atoms with Crippen molar-refractivity contribution in [3.63, 3.8) is 0 Å². The van der Waals surface area contributed by atoms with Gasteiger partial charge in [-0.05, 0) is 49.4 Å². The Labute approximate surface area is 147 Å². The number of aromatic nitrogens is 2. The highest BCUT2D eigenvalue weighted by Crippen LogP contribution is 2.28. The van der Waals surface area contributed by atoms with Crippen LogP contribution in [0.2, 0.25) is 5.02 Å². The summed E-state index contributed by atoms with van der Waals surface area (Å²) in [6, 6.07) is 5.20. The van der Waals surface area contributed by atoms with Crippen LogP contribution in [0.15, 0.2) is 30.6 Å². The molecule has 5 nitrogen and oxygen atoms in total. The molecule has 1 amide bonds. The predicted molar refractivity (Wildman–Crippen MR) is 93.5 cm³/mol. The normalized spacial score (nSPS) is 17.3. The number of rotatable bonds is 5. The van der Waals surface area contributed by atoms with E-state index in [0.717, 1.165) is 25.9 Å². The van der Waals surface area contributed by atoms with E-state index in [-0.39, 0.29) is 5.91 Å². The summed E-state index contributed by atoms with van der Waals surface area (Å²) >= 11 is 6.02. The minimum absolute atomic E-state index is 0.0174. The third-order valence-electron chi connectivity index (χ3n) is 4.33. The van der Waals surface area contributed by atoms with Crippen molar-refractivity contribution in [2.75, 3.05) is 19.7 Å². The Morgan fingerprint density at radius 3 is 3.00 bits per heavy atom. The maximum absolute atomic E-state index is 12.8. The average molecular weight is 348 g/mol. The molecule has 3 rings (SSSR count). The zero-order chi connectivity index (χ0) is 17.1. The van der Waals surface area contributed by atoms with E-state index >= 15 is 0 Å². The van der Waals surface area contributed by atoms with Crippen molar-refractivity contribution in [1.82, 2.24) is 14.7 Å². The van der Waals surface area contributed by atoms with Crippen molar-refractivity contribution in [2.45, 2.75) is 19.8 Å². The van der Waals surface area contributed by atoms with Crippen LogP contribution in [0.1, 0.15) is 29.3 Å². The van der Waals surface area contributed by atoms with Crippen LogP contribution in [0.25, 0.3) is 0 Å². The minimum atomic E-state index is 0.0174. The van der Waals surface area contributed by atoms with Crippen molar-refractivity contribution in [3.05, 3.63) is 46.7 Å². The van der Waals surface area contributed by atoms with Crippen LogP contribution in [0.3, 0.4) is 0 Å². The van der Waals surface area contributed by atoms with E-state index in [0.29, 0.717) is 28.9 Å². The summed E-state index contributed by atoms with van der Waals surface area (Å²) in [5, 5.41) is 4.78. The van der Waals surface area contributed by atoms with Gasteiger partial charge in [-0.2, -0.15) is 5.10 Å². The van der Waals surface area contributed by atoms with Gasteiger partial charge in [0, 0.05) is 31.4 Å². The van der Waals surface area contributed by atoms with Gasteiger partial charge in [-0.15, -0.1) is 0 Å². The fraction of sp³-hybridized carbons (Fsp3) is 0.444. The number of hydrogen-bond acceptors (Lipinski definition) is 3. The molecule has 1 aromatic carbocycles. The summed E-state index contributed by atoms with van der Waals surface area (Å²) in [6.45, 7) is 3.94. The molecule has 128 valence electrons. The number of benzene rings is 1. The van der Waals surface area contributed by atoms with Gasteiger partial charge in [0.2, 0.25) is 0 Å². The molecule has 1 saturated heterocycles. The highest BCUT2D eigenvalue weighted by atomic mass is 35.5. The van der Waals surface area contributed by atoms with Crippen LogP contribution < -0.4 is 4.74 Å². The van der Waals surface area contributed by atoms with E-state index < -0.39 is 0 Å². The summed E-state index contributed by atoms with van der Waals surface area (Å²) in [5.74, 6) is 1.05. The van der Waals surface area contributed by atoms with Crippen LogP contribution in [0, 0.1) is 5.92 Å². The summed E-state index contributed by atoms with van der Waals surface area (Å²) in [6.07, 6.45) is 5.91. The highest BCUT2D eigenvalue weighted by Gasteiger charge is 2.28. The number of nitrogens with zero attached hydrogens (tertiary/aromatic N) is 3. The van der Waals surface area contributed by atoms with Crippen LogP contribution in [0.5, 0.6) is 5.75 Å². The third-order valence-corrected chi connectivity index (χ3v) is 4.56. The van der Waals surface area contributed by atoms with Gasteiger partial charge in [-0.1, -0.05) is 11.6 Å². The fourth-order valence-corrected chi connectivity index (χ4v) is 3.37. The zero-order valence-electron chi connectivity index (χ0n) is 14.0. The Morgan fingerprint density at radius 1 is 1.46 bits per heavy atom. The molecule has 0 saturated carbocycles. The zero-order valence-corrected chi connectivity index (χ0v) is 14.8. The third kappa shape index (κ3) is 3.73. The quantitative estimate of drug-likeness (QED) is 0.834. The first-order chi connectivity index (χ1) is 11.6. The van der Waals surface area contributed by atoms with Crippen LogP contribution in [0.4, 0.5) is 0 Å². The maximum Gasteiger partial charge on any atom is 0.257 e. The SMILES string of the molecule is CCOc1cc(Cl)ccc1C(=O)N1CCC(Cc2cnn(C)c2)C1. The number of hydrogen-bond donors (Lipinski definition) is 0. The molecule has 1 unspecified atom stereocenters. The Kier molecular flexibility index (Phi) is 5.09. The first-order valence-electron chi connectivity index (χ1n) is 8.26. The molecule has 24 heavy (non-hydrogen) atoms. The van der Waals surface area contributed by atoms with Gasteiger partial charge < -0.3 is 9.64 Å². The Hall–Kier alpha value is -2.01. The smallest absolute Gasteiger partial charge is 0.257 e. The fourth-order valence-electron chi connectivity index (χ4n) is 3.21. The standard InChI is InChI=1S/C18H22ClN3O2/c1-3-24-17-9-15(19)4-5-16(17)18(23)22-7-6-13(12-22)8-14-10-20-21(2)11-14/h4-5,9-11,13H,3,6-8,12H2,1-2H3. The monoisotopic (exact) mass is 347 g/mol. The number of amides is 1. The maximum atomic E-state index is 12.8. The number of carbonyl (C=O) groups excluding carboxylic acids is 1. The number of aryl methyl sites for hydroxylation is 1. The average Bonchev–Trinajstić information content (AvgIpc) is 3.17. The van der Waals surface area contributed by atoms with E-state index in [1.165, 1.54) is 5.56 Å². The van der Waals surface area contributed by atoms with Crippen molar-refractivity contribution < 1.29 is 9.53 Å². The lowest BCUT2D eigenvalue weighted by atomic mass is 10.0. The summed E-state index contributed by atoms with van der Waals surface area (Å²) in [7, 11) is 1.92. The lowest BCUT2D eigenvalue weighted by Gasteiger charge is -2.18. The van der Waals surface area contributed by atoms with Gasteiger partial charge in [0.15, 0.2) is 0 Å². The van der Waals surface area contributed by atoms with Crippen LogP contribution in [-0.2, 0) is 13.5 Å². The number of carbonyl (C=O) groups is 1. The Morgan fingerprint density at radius 2 is 2.29 bits per heavy atom. The first-order valence-corrected chi connectivity index (χ1v) is 8.63. The molecule has 1 aliphatic rings. The largest absolute Gasteiger partial charge is 0.493 e. The van der Waals surface area contributed by atoms with E-state index in [1.54, 1.807) is 18.2 Å². The lowest BCUT2D eigenvalue weighted by Crippen LogP contribution is -2.29. The second kappa shape index (κ2) is 7.26. The van der Waals surface area contributed by atoms with Crippen molar-refractivity contribution >= 4 is 17.5 Å². The molecular formula is C18H22ClN3O2. The van der Waals surface area contributed by atoms with Crippen molar-refractivity contribution in [1.29, 1.82) is 0 Å². The molecule has 1 aliphatic heterocycles. The van der Waals surface area contributed by atoms with Gasteiger partial charge in [0.1, 0.15) is 5.75 Å². The molecule has 6 heteroatoms. The molecular weight excluding hydrogens is 326 g/mol. The number of likely N-dealkylation sites (tertiary alicyclic amines) is 1. The van der Waals surface area contributed by atoms with E-state index in [4.69, 9.17) is 16.3 Å². The second-order valence-corrected chi connectivity index (χ2v) is 6.64. The molecule has 0 radical (unpaired) electrons. The summed E-state index contributed by atoms with van der Waals surface area (Å²) < 4.78 is 7.40. The van der Waals surface area contributed by atoms with E-state index in [1.807, 2.05) is 35.9 Å². The minimum Gasteiger partial charge on any atom is -0.493 e. The second-order valence-electron chi connectivity index (χ2n) is 6.21. The van der Waals surface area contributed by atoms with Crippen LogP contribution >= 0.6 is 11.6 Å². The van der Waals surface area contributed by atoms with E-state index in [9.17, 15) is 4.79 Å². The van der Waals surface area contributed by atoms with Gasteiger partial charge >= 0.3 is 0 Å². The predicted octanol–water partition coefficient (Wildman–Crippen LogP) is 3.18.